The minimum absolute atomic E-state index is 0. The number of imidazole rings is 1. The zero-order chi connectivity index (χ0) is 15.9. The Hall–Kier alpha value is -1.57. The molecule has 1 aromatic carbocycles. The summed E-state index contributed by atoms with van der Waals surface area (Å²) in [5.41, 5.74) is 8.44. The zero-order valence-corrected chi connectivity index (χ0v) is 16.4. The molecular weight excluding hydrogens is 401 g/mol. The fourth-order valence-corrected chi connectivity index (χ4v) is 2.41. The topological polar surface area (TPSA) is 59.4 Å². The van der Waals surface area contributed by atoms with Crippen molar-refractivity contribution in [3.8, 4) is 0 Å². The molecule has 0 atom stereocenters. The highest BCUT2D eigenvalue weighted by molar-refractivity contribution is 14.0. The SMILES string of the molecule is CCN(CC)C(N)=NCc1cccc(Cn2ccnc2C)c1.I. The van der Waals surface area contributed by atoms with Crippen molar-refractivity contribution in [2.24, 2.45) is 10.7 Å². The standard InChI is InChI=1S/C17H25N5.HI/c1-4-21(5-2)17(18)20-12-15-7-6-8-16(11-15)13-22-10-9-19-14(22)3;/h6-11H,4-5,12-13H2,1-3H3,(H2,18,20);1H. The number of nitrogens with two attached hydrogens (primary N) is 1. The molecule has 2 rings (SSSR count). The average molecular weight is 427 g/mol. The van der Waals surface area contributed by atoms with Crippen LogP contribution < -0.4 is 5.73 Å². The van der Waals surface area contributed by atoms with Crippen molar-refractivity contribution in [2.45, 2.75) is 33.9 Å². The van der Waals surface area contributed by atoms with Gasteiger partial charge in [-0.1, -0.05) is 24.3 Å². The summed E-state index contributed by atoms with van der Waals surface area (Å²) in [6.45, 7) is 9.38. The van der Waals surface area contributed by atoms with E-state index in [1.807, 2.05) is 19.3 Å². The Morgan fingerprint density at radius 2 is 1.96 bits per heavy atom. The van der Waals surface area contributed by atoms with Crippen LogP contribution in [0.2, 0.25) is 0 Å². The summed E-state index contributed by atoms with van der Waals surface area (Å²) in [7, 11) is 0. The summed E-state index contributed by atoms with van der Waals surface area (Å²) >= 11 is 0. The molecule has 0 saturated heterocycles. The van der Waals surface area contributed by atoms with Gasteiger partial charge in [0.05, 0.1) is 6.54 Å². The number of benzene rings is 1. The molecule has 1 aromatic heterocycles. The summed E-state index contributed by atoms with van der Waals surface area (Å²) < 4.78 is 2.13. The number of guanidine groups is 1. The molecule has 0 spiro atoms. The fourth-order valence-electron chi connectivity index (χ4n) is 2.41. The van der Waals surface area contributed by atoms with Gasteiger partial charge in [-0.05, 0) is 31.9 Å². The molecule has 0 aliphatic heterocycles. The normalized spacial score (nSPS) is 11.2. The summed E-state index contributed by atoms with van der Waals surface area (Å²) in [6, 6.07) is 8.46. The van der Waals surface area contributed by atoms with Crippen LogP contribution >= 0.6 is 24.0 Å². The molecule has 0 amide bonds. The molecule has 6 heteroatoms. The van der Waals surface area contributed by atoms with E-state index in [0.29, 0.717) is 12.5 Å². The highest BCUT2D eigenvalue weighted by Gasteiger charge is 2.03. The molecule has 0 bridgehead atoms. The lowest BCUT2D eigenvalue weighted by atomic mass is 10.1. The fraction of sp³-hybridized carbons (Fsp3) is 0.412. The van der Waals surface area contributed by atoms with Crippen LogP contribution in [0.1, 0.15) is 30.8 Å². The van der Waals surface area contributed by atoms with Crippen LogP contribution in [0, 0.1) is 6.92 Å². The quantitative estimate of drug-likeness (QED) is 0.438. The lowest BCUT2D eigenvalue weighted by Crippen LogP contribution is -2.37. The van der Waals surface area contributed by atoms with Crippen molar-refractivity contribution < 1.29 is 0 Å². The minimum Gasteiger partial charge on any atom is -0.370 e. The van der Waals surface area contributed by atoms with Crippen LogP contribution in [0.15, 0.2) is 41.7 Å². The van der Waals surface area contributed by atoms with E-state index in [2.05, 4.69) is 57.6 Å². The van der Waals surface area contributed by atoms with Gasteiger partial charge < -0.3 is 15.2 Å². The molecule has 2 N–H and O–H groups in total. The third kappa shape index (κ3) is 5.53. The molecule has 0 fully saturated rings. The Morgan fingerprint density at radius 3 is 2.57 bits per heavy atom. The van der Waals surface area contributed by atoms with Crippen LogP contribution in [0.3, 0.4) is 0 Å². The van der Waals surface area contributed by atoms with Gasteiger partial charge in [-0.3, -0.25) is 0 Å². The third-order valence-corrected chi connectivity index (χ3v) is 3.78. The minimum atomic E-state index is 0. The molecule has 126 valence electrons. The van der Waals surface area contributed by atoms with E-state index in [-0.39, 0.29) is 24.0 Å². The van der Waals surface area contributed by atoms with Crippen molar-refractivity contribution in [3.63, 3.8) is 0 Å². The van der Waals surface area contributed by atoms with Crippen LogP contribution in [0.5, 0.6) is 0 Å². The first-order chi connectivity index (χ1) is 10.6. The van der Waals surface area contributed by atoms with Crippen molar-refractivity contribution in [1.29, 1.82) is 0 Å². The molecule has 23 heavy (non-hydrogen) atoms. The number of halogens is 1. The van der Waals surface area contributed by atoms with Gasteiger partial charge in [0.15, 0.2) is 5.96 Å². The Bertz CT molecular complexity index is 631. The first-order valence-corrected chi connectivity index (χ1v) is 7.74. The lowest BCUT2D eigenvalue weighted by Gasteiger charge is -2.19. The maximum atomic E-state index is 6.02. The van der Waals surface area contributed by atoms with E-state index >= 15 is 0 Å². The maximum Gasteiger partial charge on any atom is 0.191 e. The smallest absolute Gasteiger partial charge is 0.191 e. The summed E-state index contributed by atoms with van der Waals surface area (Å²) in [5, 5.41) is 0. The number of nitrogens with zero attached hydrogens (tertiary/aromatic N) is 4. The van der Waals surface area contributed by atoms with Gasteiger partial charge in [0.1, 0.15) is 5.82 Å². The van der Waals surface area contributed by atoms with E-state index in [4.69, 9.17) is 5.73 Å². The van der Waals surface area contributed by atoms with Crippen molar-refractivity contribution >= 4 is 29.9 Å². The molecule has 0 aliphatic rings. The van der Waals surface area contributed by atoms with E-state index in [0.717, 1.165) is 25.5 Å². The molecule has 0 radical (unpaired) electrons. The second-order valence-corrected chi connectivity index (χ2v) is 5.27. The number of hydrogen-bond donors (Lipinski definition) is 1. The number of aryl methyl sites for hydroxylation is 1. The van der Waals surface area contributed by atoms with Crippen LogP contribution in [-0.4, -0.2) is 33.5 Å². The second-order valence-electron chi connectivity index (χ2n) is 5.27. The molecule has 0 unspecified atom stereocenters. The Morgan fingerprint density at radius 1 is 1.26 bits per heavy atom. The van der Waals surface area contributed by atoms with Crippen LogP contribution in [0.25, 0.3) is 0 Å². The second kappa shape index (κ2) is 9.54. The highest BCUT2D eigenvalue weighted by Crippen LogP contribution is 2.10. The maximum absolute atomic E-state index is 6.02. The van der Waals surface area contributed by atoms with Crippen molar-refractivity contribution in [3.05, 3.63) is 53.6 Å². The molecule has 2 aromatic rings. The third-order valence-electron chi connectivity index (χ3n) is 3.78. The van der Waals surface area contributed by atoms with Gasteiger partial charge in [0.2, 0.25) is 0 Å². The number of aliphatic imine (C=N–C) groups is 1. The first kappa shape index (κ1) is 19.5. The number of hydrogen-bond acceptors (Lipinski definition) is 2. The molecule has 1 heterocycles. The Balaban J connectivity index is 0.00000264. The summed E-state index contributed by atoms with van der Waals surface area (Å²) in [5.74, 6) is 1.63. The van der Waals surface area contributed by atoms with E-state index < -0.39 is 0 Å². The predicted octanol–water partition coefficient (Wildman–Crippen LogP) is 3.01. The largest absolute Gasteiger partial charge is 0.370 e. The average Bonchev–Trinajstić information content (AvgIpc) is 2.92. The molecule has 0 saturated carbocycles. The highest BCUT2D eigenvalue weighted by atomic mass is 127. The van der Waals surface area contributed by atoms with Gasteiger partial charge in [0, 0.05) is 32.0 Å². The van der Waals surface area contributed by atoms with Gasteiger partial charge >= 0.3 is 0 Å². The van der Waals surface area contributed by atoms with E-state index in [1.165, 1.54) is 11.1 Å². The monoisotopic (exact) mass is 427 g/mol. The Kier molecular flexibility index (Phi) is 8.08. The van der Waals surface area contributed by atoms with Gasteiger partial charge in [-0.25, -0.2) is 9.98 Å². The van der Waals surface area contributed by atoms with Crippen LogP contribution in [-0.2, 0) is 13.1 Å². The first-order valence-electron chi connectivity index (χ1n) is 7.74. The van der Waals surface area contributed by atoms with Crippen LogP contribution in [0.4, 0.5) is 0 Å². The van der Waals surface area contributed by atoms with Gasteiger partial charge in [-0.15, -0.1) is 24.0 Å². The van der Waals surface area contributed by atoms with Gasteiger partial charge in [0.25, 0.3) is 0 Å². The molecular formula is C17H26IN5. The number of rotatable bonds is 6. The number of aromatic nitrogens is 2. The predicted molar refractivity (Wildman–Crippen MR) is 106 cm³/mol. The zero-order valence-electron chi connectivity index (χ0n) is 14.1. The van der Waals surface area contributed by atoms with Crippen molar-refractivity contribution in [1.82, 2.24) is 14.5 Å². The van der Waals surface area contributed by atoms with Crippen molar-refractivity contribution in [2.75, 3.05) is 13.1 Å². The molecule has 0 aliphatic carbocycles. The summed E-state index contributed by atoms with van der Waals surface area (Å²) in [6.07, 6.45) is 3.83. The Labute approximate surface area is 155 Å². The van der Waals surface area contributed by atoms with E-state index in [9.17, 15) is 0 Å². The molecule has 5 nitrogen and oxygen atoms in total. The van der Waals surface area contributed by atoms with E-state index in [1.54, 1.807) is 0 Å². The van der Waals surface area contributed by atoms with Gasteiger partial charge in [-0.2, -0.15) is 0 Å². The summed E-state index contributed by atoms with van der Waals surface area (Å²) in [4.78, 5) is 10.8. The lowest BCUT2D eigenvalue weighted by molar-refractivity contribution is 0.458.